The van der Waals surface area contributed by atoms with Crippen molar-refractivity contribution in [2.45, 2.75) is 26.3 Å². The topological polar surface area (TPSA) is 30.7 Å². The lowest BCUT2D eigenvalue weighted by atomic mass is 9.98. The first-order chi connectivity index (χ1) is 9.36. The number of hydrogen-bond acceptors (Lipinski definition) is 2. The summed E-state index contributed by atoms with van der Waals surface area (Å²) in [6.45, 7) is 2.91. The van der Waals surface area contributed by atoms with Gasteiger partial charge >= 0.3 is 0 Å². The number of benzene rings is 1. The van der Waals surface area contributed by atoms with Crippen molar-refractivity contribution in [3.05, 3.63) is 54.3 Å². The quantitative estimate of drug-likeness (QED) is 0.832. The minimum atomic E-state index is 0.850. The van der Waals surface area contributed by atoms with Crippen LogP contribution in [0.5, 0.6) is 0 Å². The van der Waals surface area contributed by atoms with Gasteiger partial charge in [0.1, 0.15) is 5.69 Å². The van der Waals surface area contributed by atoms with Crippen LogP contribution in [0.25, 0.3) is 16.8 Å². The highest BCUT2D eigenvalue weighted by molar-refractivity contribution is 5.76. The molecule has 0 aliphatic heterocycles. The molecule has 1 aromatic heterocycles. The summed E-state index contributed by atoms with van der Waals surface area (Å²) < 4.78 is 1.84. The van der Waals surface area contributed by atoms with Crippen molar-refractivity contribution in [3.63, 3.8) is 0 Å². The predicted octanol–water partition coefficient (Wildman–Crippen LogP) is 3.70. The van der Waals surface area contributed by atoms with Gasteiger partial charge in [0.25, 0.3) is 0 Å². The molecule has 1 aromatic carbocycles. The van der Waals surface area contributed by atoms with Crippen LogP contribution in [0.2, 0.25) is 0 Å². The highest BCUT2D eigenvalue weighted by atomic mass is 15.4. The second-order valence-corrected chi connectivity index (χ2v) is 4.68. The largest absolute Gasteiger partial charge is 0.252 e. The molecule has 0 saturated heterocycles. The SMILES string of the molecule is CCn1cc(-c2ccc(C3=CCCC=C3)cc2)nn1. The first-order valence-corrected chi connectivity index (χ1v) is 6.74. The maximum atomic E-state index is 4.18. The van der Waals surface area contributed by atoms with Gasteiger partial charge in [-0.05, 0) is 30.9 Å². The zero-order chi connectivity index (χ0) is 13.1. The lowest BCUT2D eigenvalue weighted by molar-refractivity contribution is 0.627. The first kappa shape index (κ1) is 11.9. The van der Waals surface area contributed by atoms with E-state index in [1.54, 1.807) is 0 Å². The molecular weight excluding hydrogens is 234 g/mol. The number of rotatable bonds is 3. The molecule has 3 heteroatoms. The number of aryl methyl sites for hydroxylation is 1. The predicted molar refractivity (Wildman–Crippen MR) is 77.5 cm³/mol. The highest BCUT2D eigenvalue weighted by Gasteiger charge is 2.05. The zero-order valence-electron chi connectivity index (χ0n) is 11.1. The lowest BCUT2D eigenvalue weighted by Crippen LogP contribution is -1.93. The molecule has 0 unspecified atom stereocenters. The molecule has 3 nitrogen and oxygen atoms in total. The number of allylic oxidation sites excluding steroid dienone is 4. The Kier molecular flexibility index (Phi) is 3.27. The summed E-state index contributed by atoms with van der Waals surface area (Å²) >= 11 is 0. The van der Waals surface area contributed by atoms with Crippen LogP contribution in [0.15, 0.2) is 48.7 Å². The van der Waals surface area contributed by atoms with E-state index in [-0.39, 0.29) is 0 Å². The van der Waals surface area contributed by atoms with Gasteiger partial charge in [-0.25, -0.2) is 0 Å². The molecule has 0 amide bonds. The van der Waals surface area contributed by atoms with Crippen LogP contribution in [0.4, 0.5) is 0 Å². The van der Waals surface area contributed by atoms with Crippen molar-refractivity contribution in [1.82, 2.24) is 15.0 Å². The Labute approximate surface area is 113 Å². The minimum absolute atomic E-state index is 0.850. The molecule has 1 aliphatic rings. The third kappa shape index (κ3) is 2.50. The van der Waals surface area contributed by atoms with Crippen LogP contribution in [-0.4, -0.2) is 15.0 Å². The maximum Gasteiger partial charge on any atom is 0.113 e. The van der Waals surface area contributed by atoms with E-state index in [9.17, 15) is 0 Å². The third-order valence-corrected chi connectivity index (χ3v) is 3.37. The van der Waals surface area contributed by atoms with Gasteiger partial charge < -0.3 is 0 Å². The number of nitrogens with zero attached hydrogens (tertiary/aromatic N) is 3. The molecule has 0 bridgehead atoms. The summed E-state index contributed by atoms with van der Waals surface area (Å²) in [5.74, 6) is 0. The summed E-state index contributed by atoms with van der Waals surface area (Å²) in [6.07, 6.45) is 11.0. The molecule has 96 valence electrons. The third-order valence-electron chi connectivity index (χ3n) is 3.37. The average molecular weight is 251 g/mol. The summed E-state index contributed by atoms with van der Waals surface area (Å²) in [5, 5.41) is 8.25. The molecule has 0 fully saturated rings. The van der Waals surface area contributed by atoms with E-state index < -0.39 is 0 Å². The molecule has 3 rings (SSSR count). The van der Waals surface area contributed by atoms with Gasteiger partial charge in [-0.1, -0.05) is 47.7 Å². The Morgan fingerprint density at radius 3 is 2.53 bits per heavy atom. The number of aromatic nitrogens is 3. The van der Waals surface area contributed by atoms with Gasteiger partial charge in [-0.15, -0.1) is 5.10 Å². The van der Waals surface area contributed by atoms with Crippen LogP contribution in [-0.2, 0) is 6.54 Å². The van der Waals surface area contributed by atoms with E-state index in [4.69, 9.17) is 0 Å². The zero-order valence-corrected chi connectivity index (χ0v) is 11.1. The molecule has 0 atom stereocenters. The summed E-state index contributed by atoms with van der Waals surface area (Å²) in [5.41, 5.74) is 4.63. The van der Waals surface area contributed by atoms with Gasteiger partial charge in [-0.3, -0.25) is 4.68 Å². The molecule has 0 N–H and O–H groups in total. The van der Waals surface area contributed by atoms with Crippen LogP contribution in [0.3, 0.4) is 0 Å². The average Bonchev–Trinajstić information content (AvgIpc) is 2.97. The molecule has 19 heavy (non-hydrogen) atoms. The Morgan fingerprint density at radius 2 is 1.89 bits per heavy atom. The van der Waals surface area contributed by atoms with Gasteiger partial charge in [0.05, 0.1) is 6.20 Å². The van der Waals surface area contributed by atoms with E-state index in [1.165, 1.54) is 11.1 Å². The van der Waals surface area contributed by atoms with Crippen molar-refractivity contribution in [2.75, 3.05) is 0 Å². The fraction of sp³-hybridized carbons (Fsp3) is 0.250. The minimum Gasteiger partial charge on any atom is -0.252 e. The van der Waals surface area contributed by atoms with E-state index in [2.05, 4.69) is 59.7 Å². The molecule has 0 saturated carbocycles. The number of hydrogen-bond donors (Lipinski definition) is 0. The van der Waals surface area contributed by atoms with Crippen LogP contribution in [0, 0.1) is 0 Å². The Morgan fingerprint density at radius 1 is 1.11 bits per heavy atom. The summed E-state index contributed by atoms with van der Waals surface area (Å²) in [6, 6.07) is 8.54. The van der Waals surface area contributed by atoms with Crippen molar-refractivity contribution < 1.29 is 0 Å². The van der Waals surface area contributed by atoms with Crippen molar-refractivity contribution in [2.24, 2.45) is 0 Å². The smallest absolute Gasteiger partial charge is 0.113 e. The second kappa shape index (κ2) is 5.22. The van der Waals surface area contributed by atoms with E-state index in [0.717, 1.165) is 30.6 Å². The lowest BCUT2D eigenvalue weighted by Gasteiger charge is -2.07. The molecule has 0 spiro atoms. The Balaban J connectivity index is 1.86. The van der Waals surface area contributed by atoms with Crippen LogP contribution >= 0.6 is 0 Å². The molecule has 2 aromatic rings. The Hall–Kier alpha value is -2.16. The standard InChI is InChI=1S/C16H17N3/c1-2-19-12-16(17-18-19)15-10-8-14(9-11-15)13-6-4-3-5-7-13/h4,6-12H,2-3,5H2,1H3. The van der Waals surface area contributed by atoms with Gasteiger partial charge in [0.15, 0.2) is 0 Å². The van der Waals surface area contributed by atoms with Crippen molar-refractivity contribution in [3.8, 4) is 11.3 Å². The molecular formula is C16H17N3. The van der Waals surface area contributed by atoms with Crippen LogP contribution < -0.4 is 0 Å². The van der Waals surface area contributed by atoms with E-state index in [1.807, 2.05) is 10.9 Å². The monoisotopic (exact) mass is 251 g/mol. The molecule has 1 heterocycles. The summed E-state index contributed by atoms with van der Waals surface area (Å²) in [7, 11) is 0. The normalized spacial score (nSPS) is 14.5. The molecule has 0 radical (unpaired) electrons. The van der Waals surface area contributed by atoms with Crippen molar-refractivity contribution >= 4 is 5.57 Å². The van der Waals surface area contributed by atoms with E-state index in [0.29, 0.717) is 0 Å². The van der Waals surface area contributed by atoms with Crippen LogP contribution in [0.1, 0.15) is 25.3 Å². The van der Waals surface area contributed by atoms with Crippen molar-refractivity contribution in [1.29, 1.82) is 0 Å². The Bertz CT molecular complexity index is 618. The maximum absolute atomic E-state index is 4.18. The second-order valence-electron chi connectivity index (χ2n) is 4.68. The summed E-state index contributed by atoms with van der Waals surface area (Å²) in [4.78, 5) is 0. The fourth-order valence-electron chi connectivity index (χ4n) is 2.25. The van der Waals surface area contributed by atoms with Gasteiger partial charge in [0.2, 0.25) is 0 Å². The highest BCUT2D eigenvalue weighted by Crippen LogP contribution is 2.24. The van der Waals surface area contributed by atoms with E-state index >= 15 is 0 Å². The fourth-order valence-corrected chi connectivity index (χ4v) is 2.25. The molecule has 1 aliphatic carbocycles. The first-order valence-electron chi connectivity index (χ1n) is 6.74. The van der Waals surface area contributed by atoms with Gasteiger partial charge in [0, 0.05) is 12.1 Å². The van der Waals surface area contributed by atoms with Gasteiger partial charge in [-0.2, -0.15) is 0 Å².